The van der Waals surface area contributed by atoms with Crippen LogP contribution in [-0.2, 0) is 36.8 Å². The summed E-state index contributed by atoms with van der Waals surface area (Å²) in [5.41, 5.74) is 12.5. The fourth-order valence-electron chi connectivity index (χ4n) is 3.67. The van der Waals surface area contributed by atoms with Gasteiger partial charge in [-0.1, -0.05) is 12.1 Å². The molecular formula is C25H35N7O7S. The number of thioether (sulfide) groups is 1. The van der Waals surface area contributed by atoms with Gasteiger partial charge in [0, 0.05) is 31.2 Å². The zero-order chi connectivity index (χ0) is 29.7. The summed E-state index contributed by atoms with van der Waals surface area (Å²) in [6.45, 7) is 0. The lowest BCUT2D eigenvalue weighted by Crippen LogP contribution is -2.58. The van der Waals surface area contributed by atoms with E-state index in [9.17, 15) is 34.2 Å². The first kappa shape index (κ1) is 32.1. The van der Waals surface area contributed by atoms with Crippen molar-refractivity contribution in [3.8, 4) is 5.75 Å². The Morgan fingerprint density at radius 3 is 2.15 bits per heavy atom. The van der Waals surface area contributed by atoms with E-state index in [1.807, 2.05) is 0 Å². The first-order valence-corrected chi connectivity index (χ1v) is 13.8. The summed E-state index contributed by atoms with van der Waals surface area (Å²) in [6.07, 6.45) is 4.53. The van der Waals surface area contributed by atoms with Gasteiger partial charge in [0.05, 0.1) is 12.4 Å². The van der Waals surface area contributed by atoms with Crippen molar-refractivity contribution in [2.75, 3.05) is 12.0 Å². The Balaban J connectivity index is 2.23. The van der Waals surface area contributed by atoms with Crippen LogP contribution in [0, 0.1) is 0 Å². The maximum atomic E-state index is 13.4. The van der Waals surface area contributed by atoms with Crippen LogP contribution in [0.4, 0.5) is 0 Å². The Hall–Kier alpha value is -4.11. The number of carboxylic acid groups (broad SMARTS) is 1. The highest BCUT2D eigenvalue weighted by atomic mass is 32.2. The number of aromatic hydroxyl groups is 1. The van der Waals surface area contributed by atoms with Crippen LogP contribution in [0.3, 0.4) is 0 Å². The molecule has 4 amide bonds. The lowest BCUT2D eigenvalue weighted by Gasteiger charge is -2.25. The highest BCUT2D eigenvalue weighted by molar-refractivity contribution is 7.98. The highest BCUT2D eigenvalue weighted by Crippen LogP contribution is 2.12. The van der Waals surface area contributed by atoms with Crippen LogP contribution in [0.1, 0.15) is 30.5 Å². The van der Waals surface area contributed by atoms with E-state index in [4.69, 9.17) is 11.5 Å². The minimum atomic E-state index is -1.31. The molecular weight excluding hydrogens is 542 g/mol. The van der Waals surface area contributed by atoms with E-state index >= 15 is 0 Å². The number of H-pyrrole nitrogens is 1. The Morgan fingerprint density at radius 1 is 0.950 bits per heavy atom. The number of hydrogen-bond acceptors (Lipinski definition) is 9. The molecule has 0 saturated carbocycles. The molecule has 1 heterocycles. The highest BCUT2D eigenvalue weighted by Gasteiger charge is 2.30. The topological polar surface area (TPSA) is 243 Å². The number of amides is 4. The zero-order valence-electron chi connectivity index (χ0n) is 22.0. The minimum Gasteiger partial charge on any atom is -0.508 e. The zero-order valence-corrected chi connectivity index (χ0v) is 22.8. The van der Waals surface area contributed by atoms with Crippen molar-refractivity contribution in [1.29, 1.82) is 0 Å². The lowest BCUT2D eigenvalue weighted by molar-refractivity contribution is -0.142. The number of phenolic OH excluding ortho intramolecular Hbond substituents is 1. The van der Waals surface area contributed by atoms with Crippen molar-refractivity contribution in [2.24, 2.45) is 11.5 Å². The molecule has 2 rings (SSSR count). The second kappa shape index (κ2) is 16.1. The number of nitrogens with one attached hydrogen (secondary N) is 4. The van der Waals surface area contributed by atoms with E-state index in [-0.39, 0.29) is 37.9 Å². The van der Waals surface area contributed by atoms with Gasteiger partial charge in [-0.15, -0.1) is 0 Å². The molecule has 1 aromatic carbocycles. The van der Waals surface area contributed by atoms with Crippen molar-refractivity contribution < 1.29 is 34.2 Å². The first-order chi connectivity index (χ1) is 19.0. The van der Waals surface area contributed by atoms with Crippen LogP contribution >= 0.6 is 11.8 Å². The average molecular weight is 578 g/mol. The molecule has 0 aliphatic heterocycles. The van der Waals surface area contributed by atoms with E-state index in [2.05, 4.69) is 25.9 Å². The molecule has 4 atom stereocenters. The van der Waals surface area contributed by atoms with Gasteiger partial charge in [-0.2, -0.15) is 11.8 Å². The van der Waals surface area contributed by atoms with E-state index < -0.39 is 53.8 Å². The smallest absolute Gasteiger partial charge is 0.326 e. The number of primary amides is 1. The van der Waals surface area contributed by atoms with Crippen LogP contribution < -0.4 is 27.4 Å². The molecule has 0 aliphatic carbocycles. The van der Waals surface area contributed by atoms with Crippen molar-refractivity contribution in [3.05, 3.63) is 48.0 Å². The van der Waals surface area contributed by atoms with E-state index in [1.165, 1.54) is 36.4 Å². The number of carbonyl (C=O) groups is 5. The number of carboxylic acids is 1. The largest absolute Gasteiger partial charge is 0.508 e. The van der Waals surface area contributed by atoms with Crippen LogP contribution in [0.15, 0.2) is 36.8 Å². The van der Waals surface area contributed by atoms with Gasteiger partial charge in [0.2, 0.25) is 23.6 Å². The second-order valence-corrected chi connectivity index (χ2v) is 10.1. The quantitative estimate of drug-likeness (QED) is 0.111. The Bertz CT molecular complexity index is 1140. The average Bonchev–Trinajstić information content (AvgIpc) is 3.42. The van der Waals surface area contributed by atoms with Gasteiger partial charge in [-0.3, -0.25) is 19.2 Å². The van der Waals surface area contributed by atoms with Crippen LogP contribution in [-0.4, -0.2) is 86.0 Å². The minimum absolute atomic E-state index is 0.00742. The summed E-state index contributed by atoms with van der Waals surface area (Å²) in [4.78, 5) is 69.0. The molecule has 0 radical (unpaired) electrons. The molecule has 0 spiro atoms. The van der Waals surface area contributed by atoms with E-state index in [0.717, 1.165) is 0 Å². The number of phenols is 1. The third-order valence-electron chi connectivity index (χ3n) is 5.88. The predicted octanol–water partition coefficient (Wildman–Crippen LogP) is -1.21. The fourth-order valence-corrected chi connectivity index (χ4v) is 4.15. The second-order valence-electron chi connectivity index (χ2n) is 9.07. The number of rotatable bonds is 17. The predicted molar refractivity (Wildman–Crippen MR) is 147 cm³/mol. The number of nitrogens with two attached hydrogens (primary N) is 2. The molecule has 15 heteroatoms. The Kier molecular flexibility index (Phi) is 12.9. The molecule has 0 fully saturated rings. The molecule has 0 bridgehead atoms. The third-order valence-corrected chi connectivity index (χ3v) is 6.52. The van der Waals surface area contributed by atoms with Gasteiger partial charge in [0.1, 0.15) is 23.9 Å². The molecule has 0 saturated heterocycles. The molecule has 218 valence electrons. The monoisotopic (exact) mass is 577 g/mol. The van der Waals surface area contributed by atoms with Crippen LogP contribution in [0.5, 0.6) is 5.75 Å². The van der Waals surface area contributed by atoms with Gasteiger partial charge in [0.15, 0.2) is 0 Å². The molecule has 10 N–H and O–H groups in total. The number of nitrogens with zero attached hydrogens (tertiary/aromatic N) is 1. The molecule has 2 aromatic rings. The van der Waals surface area contributed by atoms with E-state index in [0.29, 0.717) is 17.0 Å². The number of aliphatic carboxylic acids is 1. The van der Waals surface area contributed by atoms with Gasteiger partial charge in [-0.25, -0.2) is 9.78 Å². The lowest BCUT2D eigenvalue weighted by atomic mass is 10.0. The fraction of sp³-hybridized carbons (Fsp3) is 0.440. The van der Waals surface area contributed by atoms with Gasteiger partial charge >= 0.3 is 5.97 Å². The molecule has 0 aliphatic rings. The van der Waals surface area contributed by atoms with Gasteiger partial charge in [0.25, 0.3) is 0 Å². The summed E-state index contributed by atoms with van der Waals surface area (Å²) < 4.78 is 0. The Labute approximate surface area is 235 Å². The Morgan fingerprint density at radius 2 is 1.57 bits per heavy atom. The van der Waals surface area contributed by atoms with Crippen molar-refractivity contribution in [2.45, 2.75) is 56.3 Å². The normalized spacial score (nSPS) is 13.8. The number of imidazole rings is 1. The summed E-state index contributed by atoms with van der Waals surface area (Å²) in [5, 5.41) is 26.6. The first-order valence-electron chi connectivity index (χ1n) is 12.4. The third kappa shape index (κ3) is 10.9. The molecule has 4 unspecified atom stereocenters. The maximum absolute atomic E-state index is 13.4. The van der Waals surface area contributed by atoms with Crippen molar-refractivity contribution in [3.63, 3.8) is 0 Å². The summed E-state index contributed by atoms with van der Waals surface area (Å²) >= 11 is 1.41. The number of hydrogen-bond donors (Lipinski definition) is 8. The number of carbonyl (C=O) groups excluding carboxylic acids is 4. The van der Waals surface area contributed by atoms with Crippen molar-refractivity contribution in [1.82, 2.24) is 25.9 Å². The van der Waals surface area contributed by atoms with Crippen LogP contribution in [0.2, 0.25) is 0 Å². The number of aromatic amines is 1. The maximum Gasteiger partial charge on any atom is 0.326 e. The SMILES string of the molecule is CSCCC(NC(=O)C(CCC(N)=O)NC(=O)C(Cc1ccc(O)cc1)NC(=O)C(N)Cc1cnc[nH]1)C(=O)O. The summed E-state index contributed by atoms with van der Waals surface area (Å²) in [6, 6.07) is 1.20. The summed E-state index contributed by atoms with van der Waals surface area (Å²) in [5.74, 6) is -3.71. The number of aromatic nitrogens is 2. The van der Waals surface area contributed by atoms with Gasteiger partial charge in [-0.05, 0) is 42.5 Å². The van der Waals surface area contributed by atoms with Gasteiger partial charge < -0.3 is 42.6 Å². The standard InChI is InChI=1S/C25H35N7O7S/c1-40-9-8-19(25(38)39)31-23(36)18(6-7-21(27)34)30-24(37)20(10-14-2-4-16(33)5-3-14)32-22(35)17(26)11-15-12-28-13-29-15/h2-5,12-13,17-20,33H,6-11,26H2,1H3,(H2,27,34)(H,28,29)(H,30,37)(H,31,36)(H,32,35)(H,38,39). The molecule has 40 heavy (non-hydrogen) atoms. The van der Waals surface area contributed by atoms with E-state index in [1.54, 1.807) is 18.4 Å². The number of benzene rings is 1. The van der Waals surface area contributed by atoms with Crippen molar-refractivity contribution >= 4 is 41.4 Å². The van der Waals surface area contributed by atoms with Crippen LogP contribution in [0.25, 0.3) is 0 Å². The molecule has 1 aromatic heterocycles. The molecule has 14 nitrogen and oxygen atoms in total. The summed E-state index contributed by atoms with van der Waals surface area (Å²) in [7, 11) is 0.